The maximum atomic E-state index is 6.35. The molecule has 0 amide bonds. The van der Waals surface area contributed by atoms with Gasteiger partial charge < -0.3 is 5.32 Å². The van der Waals surface area contributed by atoms with E-state index in [1.807, 2.05) is 24.3 Å². The van der Waals surface area contributed by atoms with Crippen LogP contribution in [-0.4, -0.2) is 11.5 Å². The number of benzene rings is 1. The Morgan fingerprint density at radius 3 is 2.62 bits per heavy atom. The highest BCUT2D eigenvalue weighted by molar-refractivity contribution is 7.99. The molecule has 0 radical (unpaired) electrons. The van der Waals surface area contributed by atoms with E-state index >= 15 is 0 Å². The zero-order chi connectivity index (χ0) is 15.2. The Balaban J connectivity index is 2.00. The summed E-state index contributed by atoms with van der Waals surface area (Å²) in [7, 11) is 0. The van der Waals surface area contributed by atoms with E-state index in [1.54, 1.807) is 6.20 Å². The van der Waals surface area contributed by atoms with E-state index in [4.69, 9.17) is 23.2 Å². The van der Waals surface area contributed by atoms with Crippen molar-refractivity contribution >= 4 is 35.0 Å². The third-order valence-corrected chi connectivity index (χ3v) is 4.47. The summed E-state index contributed by atoms with van der Waals surface area (Å²) in [6, 6.07) is 9.86. The number of nitrogens with zero attached hydrogens (tertiary/aromatic N) is 1. The van der Waals surface area contributed by atoms with Gasteiger partial charge in [0.05, 0.1) is 10.0 Å². The molecule has 2 rings (SSSR count). The smallest absolute Gasteiger partial charge is 0.101 e. The molecule has 0 aliphatic carbocycles. The molecule has 1 aromatic carbocycles. The highest BCUT2D eigenvalue weighted by Gasteiger charge is 2.05. The van der Waals surface area contributed by atoms with Crippen LogP contribution in [0.3, 0.4) is 0 Å². The molecule has 0 saturated heterocycles. The third-order valence-electron chi connectivity index (χ3n) is 2.79. The van der Waals surface area contributed by atoms with E-state index in [0.717, 1.165) is 28.0 Å². The minimum absolute atomic E-state index is 0.636. The number of hydrogen-bond donors (Lipinski definition) is 1. The van der Waals surface area contributed by atoms with Crippen molar-refractivity contribution in [3.8, 4) is 0 Å². The van der Waals surface area contributed by atoms with Gasteiger partial charge >= 0.3 is 0 Å². The van der Waals surface area contributed by atoms with E-state index in [2.05, 4.69) is 30.2 Å². The Morgan fingerprint density at radius 2 is 2.00 bits per heavy atom. The average molecular weight is 341 g/mol. The maximum Gasteiger partial charge on any atom is 0.101 e. The van der Waals surface area contributed by atoms with Crippen LogP contribution in [0.4, 0.5) is 0 Å². The summed E-state index contributed by atoms with van der Waals surface area (Å²) in [5.41, 5.74) is 1.19. The van der Waals surface area contributed by atoms with Crippen molar-refractivity contribution in [3.05, 3.63) is 52.1 Å². The second kappa shape index (κ2) is 8.04. The lowest BCUT2D eigenvalue weighted by molar-refractivity contribution is 0.552. The van der Waals surface area contributed by atoms with Gasteiger partial charge in [-0.1, -0.05) is 54.9 Å². The third kappa shape index (κ3) is 5.51. The summed E-state index contributed by atoms with van der Waals surface area (Å²) in [5.74, 6) is 0.645. The standard InChI is InChI=1S/C16H18Cl2N2S/c1-11(2)8-19-9-12-3-5-15(14(18)7-12)21-16-6-4-13(17)10-20-16/h3-7,10-11,19H,8-9H2,1-2H3. The summed E-state index contributed by atoms with van der Waals surface area (Å²) >= 11 is 13.7. The SMILES string of the molecule is CC(C)CNCc1ccc(Sc2ccc(Cl)cn2)c(Cl)c1. The zero-order valence-corrected chi connectivity index (χ0v) is 14.4. The van der Waals surface area contributed by atoms with Crippen molar-refractivity contribution in [1.82, 2.24) is 10.3 Å². The van der Waals surface area contributed by atoms with E-state index < -0.39 is 0 Å². The highest BCUT2D eigenvalue weighted by Crippen LogP contribution is 2.33. The number of pyridine rings is 1. The first-order chi connectivity index (χ1) is 10.0. The van der Waals surface area contributed by atoms with Crippen LogP contribution >= 0.6 is 35.0 Å². The number of rotatable bonds is 6. The number of halogens is 2. The molecule has 112 valence electrons. The number of aromatic nitrogens is 1. The Kier molecular flexibility index (Phi) is 6.37. The lowest BCUT2D eigenvalue weighted by Gasteiger charge is -2.09. The zero-order valence-electron chi connectivity index (χ0n) is 12.1. The van der Waals surface area contributed by atoms with Crippen LogP contribution in [0.1, 0.15) is 19.4 Å². The quantitative estimate of drug-likeness (QED) is 0.773. The molecule has 0 saturated carbocycles. The molecular formula is C16H18Cl2N2S. The van der Waals surface area contributed by atoms with Gasteiger partial charge in [-0.3, -0.25) is 0 Å². The Morgan fingerprint density at radius 1 is 1.19 bits per heavy atom. The molecule has 0 unspecified atom stereocenters. The van der Waals surface area contributed by atoms with Crippen molar-refractivity contribution in [2.24, 2.45) is 5.92 Å². The van der Waals surface area contributed by atoms with Gasteiger partial charge in [0.15, 0.2) is 0 Å². The van der Waals surface area contributed by atoms with E-state index in [0.29, 0.717) is 10.9 Å². The van der Waals surface area contributed by atoms with Crippen LogP contribution in [0.2, 0.25) is 10.0 Å². The molecule has 2 nitrogen and oxygen atoms in total. The van der Waals surface area contributed by atoms with Gasteiger partial charge in [-0.05, 0) is 42.3 Å². The summed E-state index contributed by atoms with van der Waals surface area (Å²) in [6.45, 7) is 6.22. The van der Waals surface area contributed by atoms with Crippen molar-refractivity contribution in [2.45, 2.75) is 30.3 Å². The molecule has 1 N–H and O–H groups in total. The Labute approximate surface area is 140 Å². The molecule has 21 heavy (non-hydrogen) atoms. The fourth-order valence-corrected chi connectivity index (χ4v) is 2.97. The summed E-state index contributed by atoms with van der Waals surface area (Å²) in [5, 5.41) is 5.68. The molecular weight excluding hydrogens is 323 g/mol. The van der Waals surface area contributed by atoms with Crippen LogP contribution in [-0.2, 0) is 6.54 Å². The first kappa shape index (κ1) is 16.6. The van der Waals surface area contributed by atoms with Crippen molar-refractivity contribution in [1.29, 1.82) is 0 Å². The molecule has 0 aliphatic heterocycles. The van der Waals surface area contributed by atoms with Gasteiger partial charge in [-0.15, -0.1) is 0 Å². The van der Waals surface area contributed by atoms with Crippen LogP contribution in [0, 0.1) is 5.92 Å². The minimum atomic E-state index is 0.636. The average Bonchev–Trinajstić information content (AvgIpc) is 2.44. The van der Waals surface area contributed by atoms with Crippen LogP contribution in [0.25, 0.3) is 0 Å². The molecule has 0 spiro atoms. The molecule has 1 heterocycles. The molecule has 0 bridgehead atoms. The number of nitrogens with one attached hydrogen (secondary N) is 1. The molecule has 5 heteroatoms. The number of hydrogen-bond acceptors (Lipinski definition) is 3. The second-order valence-electron chi connectivity index (χ2n) is 5.21. The molecule has 2 aromatic rings. The predicted octanol–water partition coefficient (Wildman–Crippen LogP) is 5.29. The highest BCUT2D eigenvalue weighted by atomic mass is 35.5. The first-order valence-electron chi connectivity index (χ1n) is 6.83. The maximum absolute atomic E-state index is 6.35. The van der Waals surface area contributed by atoms with Crippen LogP contribution < -0.4 is 5.32 Å². The molecule has 0 atom stereocenters. The largest absolute Gasteiger partial charge is 0.312 e. The van der Waals surface area contributed by atoms with Crippen LogP contribution in [0.15, 0.2) is 46.5 Å². The van der Waals surface area contributed by atoms with Crippen molar-refractivity contribution in [3.63, 3.8) is 0 Å². The molecule has 1 aromatic heterocycles. The van der Waals surface area contributed by atoms with Crippen LogP contribution in [0.5, 0.6) is 0 Å². The van der Waals surface area contributed by atoms with Gasteiger partial charge in [0.2, 0.25) is 0 Å². The normalized spacial score (nSPS) is 11.1. The first-order valence-corrected chi connectivity index (χ1v) is 8.40. The van der Waals surface area contributed by atoms with Gasteiger partial charge in [-0.2, -0.15) is 0 Å². The van der Waals surface area contributed by atoms with E-state index in [1.165, 1.54) is 17.3 Å². The van der Waals surface area contributed by atoms with Crippen molar-refractivity contribution in [2.75, 3.05) is 6.54 Å². The fraction of sp³-hybridized carbons (Fsp3) is 0.312. The van der Waals surface area contributed by atoms with Gasteiger partial charge in [-0.25, -0.2) is 4.98 Å². The Bertz CT molecular complexity index is 585. The van der Waals surface area contributed by atoms with Crippen molar-refractivity contribution < 1.29 is 0 Å². The minimum Gasteiger partial charge on any atom is -0.312 e. The summed E-state index contributed by atoms with van der Waals surface area (Å²) < 4.78 is 0. The van der Waals surface area contributed by atoms with E-state index in [-0.39, 0.29) is 0 Å². The fourth-order valence-electron chi connectivity index (χ4n) is 1.78. The lowest BCUT2D eigenvalue weighted by Crippen LogP contribution is -2.18. The molecule has 0 fully saturated rings. The lowest BCUT2D eigenvalue weighted by atomic mass is 10.2. The van der Waals surface area contributed by atoms with E-state index in [9.17, 15) is 0 Å². The Hall–Kier alpha value is -0.740. The monoisotopic (exact) mass is 340 g/mol. The second-order valence-corrected chi connectivity index (χ2v) is 7.11. The molecule has 0 aliphatic rings. The summed E-state index contributed by atoms with van der Waals surface area (Å²) in [4.78, 5) is 5.27. The topological polar surface area (TPSA) is 24.9 Å². The predicted molar refractivity (Wildman–Crippen MR) is 91.4 cm³/mol. The van der Waals surface area contributed by atoms with Gasteiger partial charge in [0, 0.05) is 17.6 Å². The van der Waals surface area contributed by atoms with Gasteiger partial charge in [0.1, 0.15) is 5.03 Å². The summed E-state index contributed by atoms with van der Waals surface area (Å²) in [6.07, 6.45) is 1.64. The van der Waals surface area contributed by atoms with Gasteiger partial charge in [0.25, 0.3) is 0 Å².